The molecule has 0 aliphatic carbocycles. The summed E-state index contributed by atoms with van der Waals surface area (Å²) in [4.78, 5) is 22.2. The lowest BCUT2D eigenvalue weighted by Crippen LogP contribution is -2.52. The zero-order valence-corrected chi connectivity index (χ0v) is 9.76. The molecule has 0 unspecified atom stereocenters. The number of aliphatic carboxylic acids is 1. The number of nitrogens with one attached hydrogen (secondary N) is 2. The number of urea groups is 1. The average Bonchev–Trinajstić information content (AvgIpc) is 2.08. The van der Waals surface area contributed by atoms with E-state index >= 15 is 0 Å². The molecule has 0 aromatic heterocycles. The van der Waals surface area contributed by atoms with Crippen molar-refractivity contribution in [1.29, 1.82) is 0 Å². The number of rotatable bonds is 4. The van der Waals surface area contributed by atoms with Crippen molar-refractivity contribution in [2.75, 3.05) is 6.54 Å². The van der Waals surface area contributed by atoms with Crippen molar-refractivity contribution < 1.29 is 14.7 Å². The van der Waals surface area contributed by atoms with Gasteiger partial charge in [0.25, 0.3) is 0 Å². The largest absolute Gasteiger partial charge is 0.480 e. The molecule has 0 saturated heterocycles. The van der Waals surface area contributed by atoms with Crippen LogP contribution in [0.25, 0.3) is 0 Å². The number of hydrogen-bond donors (Lipinski definition) is 3. The van der Waals surface area contributed by atoms with Gasteiger partial charge in [0.1, 0.15) is 6.04 Å². The maximum absolute atomic E-state index is 11.3. The monoisotopic (exact) mass is 216 g/mol. The second-order valence-electron chi connectivity index (χ2n) is 4.54. The normalized spacial score (nSPS) is 13.1. The number of carbonyl (C=O) groups excluding carboxylic acids is 1. The Kier molecular flexibility index (Phi) is 5.11. The van der Waals surface area contributed by atoms with Crippen molar-refractivity contribution in [1.82, 2.24) is 10.6 Å². The third-order valence-electron chi connectivity index (χ3n) is 1.92. The summed E-state index contributed by atoms with van der Waals surface area (Å²) in [6.45, 7) is 7.78. The van der Waals surface area contributed by atoms with Gasteiger partial charge in [0, 0.05) is 6.54 Å². The van der Waals surface area contributed by atoms with Gasteiger partial charge in [-0.15, -0.1) is 0 Å². The Morgan fingerprint density at radius 1 is 1.33 bits per heavy atom. The Morgan fingerprint density at radius 2 is 1.87 bits per heavy atom. The van der Waals surface area contributed by atoms with Gasteiger partial charge < -0.3 is 15.7 Å². The van der Waals surface area contributed by atoms with E-state index in [0.717, 1.165) is 6.42 Å². The molecule has 2 amide bonds. The molecule has 15 heavy (non-hydrogen) atoms. The van der Waals surface area contributed by atoms with Crippen LogP contribution in [0.4, 0.5) is 4.79 Å². The average molecular weight is 216 g/mol. The van der Waals surface area contributed by atoms with E-state index in [2.05, 4.69) is 10.6 Å². The van der Waals surface area contributed by atoms with Gasteiger partial charge in [0.05, 0.1) is 0 Å². The maximum Gasteiger partial charge on any atom is 0.326 e. The van der Waals surface area contributed by atoms with Crippen molar-refractivity contribution >= 4 is 12.0 Å². The van der Waals surface area contributed by atoms with E-state index in [-0.39, 0.29) is 0 Å². The lowest BCUT2D eigenvalue weighted by molar-refractivity contribution is -0.141. The highest BCUT2D eigenvalue weighted by molar-refractivity contribution is 5.83. The highest BCUT2D eigenvalue weighted by Gasteiger charge is 2.32. The molecule has 0 aromatic carbocycles. The smallest absolute Gasteiger partial charge is 0.326 e. The molecular weight excluding hydrogens is 196 g/mol. The predicted octanol–water partition coefficient (Wildman–Crippen LogP) is 1.19. The molecule has 0 aromatic rings. The molecule has 0 fully saturated rings. The molecule has 1 atom stereocenters. The molecule has 5 nitrogen and oxygen atoms in total. The molecular formula is C10H20N2O3. The van der Waals surface area contributed by atoms with E-state index in [0.29, 0.717) is 6.54 Å². The second-order valence-corrected chi connectivity index (χ2v) is 4.54. The van der Waals surface area contributed by atoms with E-state index in [4.69, 9.17) is 5.11 Å². The van der Waals surface area contributed by atoms with Crippen molar-refractivity contribution in [2.24, 2.45) is 5.41 Å². The van der Waals surface area contributed by atoms with Gasteiger partial charge in [0.2, 0.25) is 0 Å². The molecule has 5 heteroatoms. The van der Waals surface area contributed by atoms with Crippen LogP contribution in [0, 0.1) is 5.41 Å². The van der Waals surface area contributed by atoms with Crippen LogP contribution in [0.15, 0.2) is 0 Å². The first-order valence-corrected chi connectivity index (χ1v) is 5.06. The minimum absolute atomic E-state index is 0.431. The molecule has 0 bridgehead atoms. The molecule has 3 N–H and O–H groups in total. The molecule has 0 spiro atoms. The van der Waals surface area contributed by atoms with Crippen molar-refractivity contribution in [3.8, 4) is 0 Å². The van der Waals surface area contributed by atoms with Crippen LogP contribution in [0.1, 0.15) is 34.1 Å². The van der Waals surface area contributed by atoms with Gasteiger partial charge in [0.15, 0.2) is 0 Å². The quantitative estimate of drug-likeness (QED) is 0.660. The number of amides is 2. The molecule has 0 heterocycles. The Hall–Kier alpha value is -1.26. The summed E-state index contributed by atoms with van der Waals surface area (Å²) >= 11 is 0. The number of hydrogen-bond acceptors (Lipinski definition) is 2. The summed E-state index contributed by atoms with van der Waals surface area (Å²) in [6.07, 6.45) is 0.820. The van der Waals surface area contributed by atoms with E-state index in [1.807, 2.05) is 6.92 Å². The Balaban J connectivity index is 4.31. The first-order chi connectivity index (χ1) is 6.79. The minimum atomic E-state index is -1.02. The topological polar surface area (TPSA) is 78.4 Å². The minimum Gasteiger partial charge on any atom is -0.480 e. The van der Waals surface area contributed by atoms with Crippen LogP contribution in [0.5, 0.6) is 0 Å². The van der Waals surface area contributed by atoms with Crippen molar-refractivity contribution in [3.05, 3.63) is 0 Å². The van der Waals surface area contributed by atoms with Crippen LogP contribution in [0.3, 0.4) is 0 Å². The van der Waals surface area contributed by atoms with Crippen LogP contribution in [0.2, 0.25) is 0 Å². The van der Waals surface area contributed by atoms with Crippen LogP contribution in [-0.2, 0) is 4.79 Å². The summed E-state index contributed by atoms with van der Waals surface area (Å²) in [5.74, 6) is -1.02. The van der Waals surface area contributed by atoms with E-state index in [1.165, 1.54) is 0 Å². The highest BCUT2D eigenvalue weighted by atomic mass is 16.4. The molecule has 0 aliphatic heterocycles. The lowest BCUT2D eigenvalue weighted by Gasteiger charge is -2.27. The summed E-state index contributed by atoms with van der Waals surface area (Å²) in [5.41, 5.74) is -0.505. The maximum atomic E-state index is 11.3. The van der Waals surface area contributed by atoms with Crippen molar-refractivity contribution in [3.63, 3.8) is 0 Å². The SMILES string of the molecule is CCCNC(=O)N[C@@H](C(=O)O)C(C)(C)C. The molecule has 0 radical (unpaired) electrons. The molecule has 0 saturated carbocycles. The Morgan fingerprint density at radius 3 is 2.20 bits per heavy atom. The van der Waals surface area contributed by atoms with E-state index < -0.39 is 23.5 Å². The summed E-state index contributed by atoms with van der Waals surface area (Å²) in [5, 5.41) is 14.0. The predicted molar refractivity (Wildman–Crippen MR) is 57.7 cm³/mol. The first-order valence-electron chi connectivity index (χ1n) is 5.06. The molecule has 0 rings (SSSR count). The highest BCUT2D eigenvalue weighted by Crippen LogP contribution is 2.19. The number of carboxylic acids is 1. The fourth-order valence-corrected chi connectivity index (χ4v) is 1.07. The second kappa shape index (κ2) is 5.58. The summed E-state index contributed by atoms with van der Waals surface area (Å²) in [6, 6.07) is -1.31. The third kappa shape index (κ3) is 5.24. The van der Waals surface area contributed by atoms with Crippen LogP contribution >= 0.6 is 0 Å². The van der Waals surface area contributed by atoms with Crippen LogP contribution in [-0.4, -0.2) is 29.7 Å². The van der Waals surface area contributed by atoms with Gasteiger partial charge in [-0.3, -0.25) is 0 Å². The first kappa shape index (κ1) is 13.7. The van der Waals surface area contributed by atoms with Crippen molar-refractivity contribution in [2.45, 2.75) is 40.2 Å². The lowest BCUT2D eigenvalue weighted by atomic mass is 9.87. The Bertz CT molecular complexity index is 233. The van der Waals surface area contributed by atoms with Crippen LogP contribution < -0.4 is 10.6 Å². The summed E-state index contributed by atoms with van der Waals surface area (Å²) in [7, 11) is 0. The Labute approximate surface area is 90.2 Å². The third-order valence-corrected chi connectivity index (χ3v) is 1.92. The number of carboxylic acid groups (broad SMARTS) is 1. The zero-order valence-electron chi connectivity index (χ0n) is 9.76. The summed E-state index contributed by atoms with van der Waals surface area (Å²) < 4.78 is 0. The van der Waals surface area contributed by atoms with Gasteiger partial charge >= 0.3 is 12.0 Å². The van der Waals surface area contributed by atoms with Gasteiger partial charge in [-0.2, -0.15) is 0 Å². The van der Waals surface area contributed by atoms with Gasteiger partial charge in [-0.05, 0) is 11.8 Å². The standard InChI is InChI=1S/C10H20N2O3/c1-5-6-11-9(15)12-7(8(13)14)10(2,3)4/h7H,5-6H2,1-4H3,(H,13,14)(H2,11,12,15)/t7-/m0/s1. The van der Waals surface area contributed by atoms with E-state index in [9.17, 15) is 9.59 Å². The fraction of sp³-hybridized carbons (Fsp3) is 0.800. The van der Waals surface area contributed by atoms with Gasteiger partial charge in [-0.1, -0.05) is 27.7 Å². The molecule has 0 aliphatic rings. The number of carbonyl (C=O) groups is 2. The van der Waals surface area contributed by atoms with E-state index in [1.54, 1.807) is 20.8 Å². The van der Waals surface area contributed by atoms with Gasteiger partial charge in [-0.25, -0.2) is 9.59 Å². The molecule has 88 valence electrons. The fourth-order valence-electron chi connectivity index (χ4n) is 1.07. The zero-order chi connectivity index (χ0) is 12.1.